The number of aromatic nitrogens is 1. The van der Waals surface area contributed by atoms with Crippen LogP contribution in [0.3, 0.4) is 0 Å². The van der Waals surface area contributed by atoms with E-state index in [2.05, 4.69) is 29.0 Å². The van der Waals surface area contributed by atoms with E-state index in [1.165, 1.54) is 30.6 Å². The number of nitrogens with two attached hydrogens (primary N) is 1. The zero-order chi connectivity index (χ0) is 12.8. The van der Waals surface area contributed by atoms with E-state index in [9.17, 15) is 0 Å². The molecule has 0 radical (unpaired) electrons. The molecule has 1 aliphatic rings. The number of pyridine rings is 1. The molecule has 0 aliphatic carbocycles. The first-order valence-electron chi connectivity index (χ1n) is 6.87. The monoisotopic (exact) mass is 265 g/mol. The van der Waals surface area contributed by atoms with Gasteiger partial charge in [-0.05, 0) is 37.6 Å². The van der Waals surface area contributed by atoms with Gasteiger partial charge in [0.2, 0.25) is 0 Å². The summed E-state index contributed by atoms with van der Waals surface area (Å²) in [6.45, 7) is 3.24. The number of thioether (sulfide) groups is 1. The predicted octanol–water partition coefficient (Wildman–Crippen LogP) is 2.99. The summed E-state index contributed by atoms with van der Waals surface area (Å²) in [6, 6.07) is 2.26. The van der Waals surface area contributed by atoms with Crippen molar-refractivity contribution >= 4 is 17.4 Å². The lowest BCUT2D eigenvalue weighted by Gasteiger charge is -2.31. The number of nitrogens with zero attached hydrogens (tertiary/aromatic N) is 1. The summed E-state index contributed by atoms with van der Waals surface area (Å²) >= 11 is 2.08. The number of hydrogen-bond acceptors (Lipinski definition) is 4. The van der Waals surface area contributed by atoms with Gasteiger partial charge in [-0.2, -0.15) is 11.8 Å². The highest BCUT2D eigenvalue weighted by Gasteiger charge is 2.26. The highest BCUT2D eigenvalue weighted by Crippen LogP contribution is 2.36. The van der Waals surface area contributed by atoms with E-state index in [4.69, 9.17) is 5.73 Å². The van der Waals surface area contributed by atoms with Crippen LogP contribution in [0.25, 0.3) is 0 Å². The van der Waals surface area contributed by atoms with Crippen molar-refractivity contribution in [3.8, 4) is 0 Å². The third kappa shape index (κ3) is 3.39. The van der Waals surface area contributed by atoms with E-state index < -0.39 is 0 Å². The Morgan fingerprint density at radius 2 is 2.44 bits per heavy atom. The van der Waals surface area contributed by atoms with Crippen LogP contribution in [0.4, 0.5) is 5.69 Å². The van der Waals surface area contributed by atoms with Gasteiger partial charge in [0.25, 0.3) is 0 Å². The predicted molar refractivity (Wildman–Crippen MR) is 79.8 cm³/mol. The number of nitrogen functional groups attached to an aromatic ring is 1. The second-order valence-corrected chi connectivity index (χ2v) is 6.19. The molecule has 1 aromatic heterocycles. The van der Waals surface area contributed by atoms with Crippen molar-refractivity contribution in [1.82, 2.24) is 10.3 Å². The lowest BCUT2D eigenvalue weighted by molar-refractivity contribution is 0.479. The minimum absolute atomic E-state index is 0.351. The van der Waals surface area contributed by atoms with Crippen LogP contribution in [0.2, 0.25) is 0 Å². The molecule has 0 spiro atoms. The maximum Gasteiger partial charge on any atom is 0.0476 e. The van der Waals surface area contributed by atoms with E-state index in [1.54, 1.807) is 6.20 Å². The molecule has 0 bridgehead atoms. The van der Waals surface area contributed by atoms with Crippen molar-refractivity contribution < 1.29 is 0 Å². The van der Waals surface area contributed by atoms with Gasteiger partial charge in [0.15, 0.2) is 0 Å². The maximum atomic E-state index is 6.11. The maximum absolute atomic E-state index is 6.11. The van der Waals surface area contributed by atoms with Crippen LogP contribution < -0.4 is 11.1 Å². The summed E-state index contributed by atoms with van der Waals surface area (Å²) in [5.74, 6) is 1.27. The lowest BCUT2D eigenvalue weighted by Crippen LogP contribution is -2.33. The van der Waals surface area contributed by atoms with Crippen LogP contribution >= 0.6 is 11.8 Å². The molecule has 0 saturated carbocycles. The van der Waals surface area contributed by atoms with Crippen LogP contribution in [0.1, 0.15) is 44.2 Å². The Morgan fingerprint density at radius 1 is 1.56 bits per heavy atom. The summed E-state index contributed by atoms with van der Waals surface area (Å²) in [7, 11) is 0. The standard InChI is InChI=1S/C14H23N3S/c1-2-7-17-14(13-5-3-4-9-18-13)11-10-16-8-6-12(11)15/h6,8,10,13-14,17H,2-5,7,9H2,1H3,(H2,15,16). The first-order chi connectivity index (χ1) is 8.83. The molecule has 18 heavy (non-hydrogen) atoms. The fraction of sp³-hybridized carbons (Fsp3) is 0.643. The van der Waals surface area contributed by atoms with Gasteiger partial charge < -0.3 is 11.1 Å². The molecule has 2 unspecified atom stereocenters. The Balaban J connectivity index is 2.15. The quantitative estimate of drug-likeness (QED) is 0.859. The fourth-order valence-corrected chi connectivity index (χ4v) is 3.89. The summed E-state index contributed by atoms with van der Waals surface area (Å²) in [4.78, 5) is 4.24. The molecular weight excluding hydrogens is 242 g/mol. The van der Waals surface area contributed by atoms with Gasteiger partial charge in [-0.25, -0.2) is 0 Å². The molecule has 0 aromatic carbocycles. The van der Waals surface area contributed by atoms with Crippen molar-refractivity contribution in [3.63, 3.8) is 0 Å². The number of rotatable bonds is 5. The average molecular weight is 265 g/mol. The van der Waals surface area contributed by atoms with E-state index in [0.29, 0.717) is 11.3 Å². The van der Waals surface area contributed by atoms with Gasteiger partial charge in [-0.3, -0.25) is 4.98 Å². The van der Waals surface area contributed by atoms with Crippen LogP contribution in [0.15, 0.2) is 18.5 Å². The van der Waals surface area contributed by atoms with Gasteiger partial charge >= 0.3 is 0 Å². The van der Waals surface area contributed by atoms with Crippen molar-refractivity contribution in [2.75, 3.05) is 18.0 Å². The molecule has 4 heteroatoms. The first-order valence-corrected chi connectivity index (χ1v) is 7.92. The molecule has 2 rings (SSSR count). The Hall–Kier alpha value is -0.740. The Kier molecular flexibility index (Phi) is 5.32. The van der Waals surface area contributed by atoms with Crippen molar-refractivity contribution in [1.29, 1.82) is 0 Å². The second-order valence-electron chi connectivity index (χ2n) is 4.84. The van der Waals surface area contributed by atoms with Crippen LogP contribution in [0, 0.1) is 0 Å². The Morgan fingerprint density at radius 3 is 3.11 bits per heavy atom. The zero-order valence-electron chi connectivity index (χ0n) is 11.1. The summed E-state index contributed by atoms with van der Waals surface area (Å²) in [5.41, 5.74) is 8.15. The molecule has 1 saturated heterocycles. The molecule has 2 heterocycles. The van der Waals surface area contributed by atoms with Crippen LogP contribution in [0.5, 0.6) is 0 Å². The van der Waals surface area contributed by atoms with Crippen molar-refractivity contribution in [3.05, 3.63) is 24.0 Å². The highest BCUT2D eigenvalue weighted by molar-refractivity contribution is 8.00. The number of anilines is 1. The van der Waals surface area contributed by atoms with Gasteiger partial charge in [-0.1, -0.05) is 13.3 Å². The molecular formula is C14H23N3S. The van der Waals surface area contributed by atoms with Gasteiger partial charge in [0.05, 0.1) is 0 Å². The lowest BCUT2D eigenvalue weighted by atomic mass is 9.99. The molecule has 3 nitrogen and oxygen atoms in total. The van der Waals surface area contributed by atoms with Gasteiger partial charge in [-0.15, -0.1) is 0 Å². The molecule has 1 fully saturated rings. The van der Waals surface area contributed by atoms with E-state index in [-0.39, 0.29) is 0 Å². The van der Waals surface area contributed by atoms with Crippen molar-refractivity contribution in [2.45, 2.75) is 43.9 Å². The molecule has 100 valence electrons. The Bertz CT molecular complexity index is 364. The average Bonchev–Trinajstić information content (AvgIpc) is 2.42. The van der Waals surface area contributed by atoms with Crippen LogP contribution in [-0.2, 0) is 0 Å². The van der Waals surface area contributed by atoms with Gasteiger partial charge in [0, 0.05) is 34.9 Å². The molecule has 2 atom stereocenters. The fourth-order valence-electron chi connectivity index (χ4n) is 2.45. The largest absolute Gasteiger partial charge is 0.398 e. The third-order valence-corrected chi connectivity index (χ3v) is 4.88. The second kappa shape index (κ2) is 7.00. The normalized spacial score (nSPS) is 21.7. The first kappa shape index (κ1) is 13.7. The molecule has 1 aliphatic heterocycles. The number of nitrogens with one attached hydrogen (secondary N) is 1. The topological polar surface area (TPSA) is 50.9 Å². The summed E-state index contributed by atoms with van der Waals surface area (Å²) < 4.78 is 0. The van der Waals surface area contributed by atoms with Crippen LogP contribution in [-0.4, -0.2) is 22.5 Å². The van der Waals surface area contributed by atoms with Crippen molar-refractivity contribution in [2.24, 2.45) is 0 Å². The molecule has 1 aromatic rings. The summed E-state index contributed by atoms with van der Waals surface area (Å²) in [5, 5.41) is 4.29. The summed E-state index contributed by atoms with van der Waals surface area (Å²) in [6.07, 6.45) is 8.81. The minimum atomic E-state index is 0.351. The minimum Gasteiger partial charge on any atom is -0.398 e. The van der Waals surface area contributed by atoms with E-state index in [0.717, 1.165) is 18.7 Å². The SMILES string of the molecule is CCCNC(c1cnccc1N)C1CCCCS1. The zero-order valence-corrected chi connectivity index (χ0v) is 11.9. The highest BCUT2D eigenvalue weighted by atomic mass is 32.2. The molecule has 0 amide bonds. The van der Waals surface area contributed by atoms with Gasteiger partial charge in [0.1, 0.15) is 0 Å². The number of hydrogen-bond donors (Lipinski definition) is 2. The molecule has 3 N–H and O–H groups in total. The van der Waals surface area contributed by atoms with E-state index in [1.807, 2.05) is 12.3 Å². The smallest absolute Gasteiger partial charge is 0.0476 e. The van der Waals surface area contributed by atoms with E-state index >= 15 is 0 Å². The Labute approximate surface area is 114 Å². The third-order valence-electron chi connectivity index (χ3n) is 3.42.